The molecule has 4 rings (SSSR count). The first-order chi connectivity index (χ1) is 13.0. The van der Waals surface area contributed by atoms with Crippen LogP contribution >= 0.6 is 10.2 Å². The van der Waals surface area contributed by atoms with E-state index < -0.39 is 15.1 Å². The Morgan fingerprint density at radius 2 is 1.57 bits per heavy atom. The Hall–Kier alpha value is -2.42. The van der Waals surface area contributed by atoms with E-state index in [2.05, 4.69) is 10.6 Å². The Bertz CT molecular complexity index is 908. The van der Waals surface area contributed by atoms with Gasteiger partial charge in [-0.25, -0.2) is 0 Å². The molecule has 1 fully saturated rings. The van der Waals surface area contributed by atoms with Crippen molar-refractivity contribution in [2.24, 2.45) is 0 Å². The predicted octanol–water partition coefficient (Wildman–Crippen LogP) is 6.13. The van der Waals surface area contributed by atoms with E-state index in [4.69, 9.17) is 0 Å². The van der Waals surface area contributed by atoms with Crippen LogP contribution < -0.4 is 15.5 Å². The predicted molar refractivity (Wildman–Crippen MR) is 103 cm³/mol. The second-order valence-electron chi connectivity index (χ2n) is 7.05. The van der Waals surface area contributed by atoms with Gasteiger partial charge in [0.25, 0.3) is 0 Å². The molecule has 9 heteroatoms. The highest BCUT2D eigenvalue weighted by atomic mass is 32.5. The minimum Gasteiger partial charge on any atom is -0.372 e. The molecule has 0 saturated carbocycles. The first-order valence-corrected chi connectivity index (χ1v) is 10.8. The van der Waals surface area contributed by atoms with Crippen molar-refractivity contribution < 1.29 is 19.4 Å². The van der Waals surface area contributed by atoms with Crippen molar-refractivity contribution in [3.63, 3.8) is 0 Å². The molecule has 2 heterocycles. The number of nitrogens with one attached hydrogen (secondary N) is 2. The third-order valence-electron chi connectivity index (χ3n) is 5.10. The summed E-state index contributed by atoms with van der Waals surface area (Å²) in [6.07, 6.45) is 3.63. The molecule has 2 N–H and O–H groups in total. The summed E-state index contributed by atoms with van der Waals surface area (Å²) >= 11 is 0. The zero-order chi connectivity index (χ0) is 20.1. The molecule has 28 heavy (non-hydrogen) atoms. The van der Waals surface area contributed by atoms with Crippen molar-refractivity contribution in [2.75, 3.05) is 18.1 Å². The van der Waals surface area contributed by atoms with E-state index in [9.17, 15) is 19.4 Å². The summed E-state index contributed by atoms with van der Waals surface area (Å²) in [5.74, 6) is 0. The number of nitrogens with zero attached hydrogens (tertiary/aromatic N) is 1. The van der Waals surface area contributed by atoms with Crippen molar-refractivity contribution in [2.45, 2.75) is 23.8 Å². The van der Waals surface area contributed by atoms with Gasteiger partial charge < -0.3 is 15.5 Å². The number of rotatable bonds is 4. The van der Waals surface area contributed by atoms with Crippen LogP contribution in [0.1, 0.15) is 30.0 Å². The summed E-state index contributed by atoms with van der Waals surface area (Å²) in [7, 11) is -9.64. The van der Waals surface area contributed by atoms with Gasteiger partial charge in [0.2, 0.25) is 0 Å². The lowest BCUT2D eigenvalue weighted by Crippen LogP contribution is -2.22. The van der Waals surface area contributed by atoms with Gasteiger partial charge in [0.1, 0.15) is 4.90 Å². The van der Waals surface area contributed by atoms with Crippen molar-refractivity contribution >= 4 is 21.6 Å². The fraction of sp³-hybridized carbons (Fsp3) is 0.263. The van der Waals surface area contributed by atoms with Crippen molar-refractivity contribution in [3.8, 4) is 0 Å². The molecule has 1 saturated heterocycles. The van der Waals surface area contributed by atoms with E-state index in [0.717, 1.165) is 41.8 Å². The molecule has 0 radical (unpaired) electrons. The van der Waals surface area contributed by atoms with Gasteiger partial charge >= 0.3 is 10.2 Å². The molecule has 2 aliphatic rings. The minimum absolute atomic E-state index is 0.00325. The lowest BCUT2D eigenvalue weighted by Gasteiger charge is -2.40. The van der Waals surface area contributed by atoms with Gasteiger partial charge in [-0.3, -0.25) is 0 Å². The van der Waals surface area contributed by atoms with Crippen LogP contribution in [0.5, 0.6) is 0 Å². The summed E-state index contributed by atoms with van der Waals surface area (Å²) in [5.41, 5.74) is 3.60. The van der Waals surface area contributed by atoms with Crippen LogP contribution in [0.2, 0.25) is 0 Å². The summed E-state index contributed by atoms with van der Waals surface area (Å²) in [5, 5.41) is 6.29. The Kier molecular flexibility index (Phi) is 3.91. The number of benzene rings is 2. The van der Waals surface area contributed by atoms with E-state index in [1.807, 2.05) is 35.4 Å². The fourth-order valence-corrected chi connectivity index (χ4v) is 4.39. The van der Waals surface area contributed by atoms with E-state index in [1.165, 1.54) is 0 Å². The molecule has 1 atom stereocenters. The summed E-state index contributed by atoms with van der Waals surface area (Å²) < 4.78 is 64.7. The first-order valence-electron chi connectivity index (χ1n) is 8.90. The Morgan fingerprint density at radius 1 is 0.893 bits per heavy atom. The Morgan fingerprint density at radius 3 is 2.14 bits per heavy atom. The normalized spacial score (nSPS) is 22.1. The van der Waals surface area contributed by atoms with Gasteiger partial charge in [0.05, 0.1) is 18.4 Å². The SMILES string of the molecule is FS(F)(F)(F)(F)c1ccc(N2CCC[C@@H]2c2ccc(C3=CNCN3)cc2)cc1. The first kappa shape index (κ1) is 18.9. The summed E-state index contributed by atoms with van der Waals surface area (Å²) in [6, 6.07) is 11.2. The van der Waals surface area contributed by atoms with E-state index >= 15 is 0 Å². The topological polar surface area (TPSA) is 27.3 Å². The van der Waals surface area contributed by atoms with Gasteiger partial charge in [0.15, 0.2) is 0 Å². The van der Waals surface area contributed by atoms with Crippen LogP contribution in [-0.4, -0.2) is 13.2 Å². The second kappa shape index (κ2) is 5.79. The molecule has 0 aromatic heterocycles. The van der Waals surface area contributed by atoms with Gasteiger partial charge in [-0.2, -0.15) is 0 Å². The maximum atomic E-state index is 12.9. The van der Waals surface area contributed by atoms with Crippen LogP contribution in [0, 0.1) is 0 Å². The average molecular weight is 417 g/mol. The molecular formula is C19H20F5N3S. The van der Waals surface area contributed by atoms with Gasteiger partial charge in [0, 0.05) is 18.4 Å². The van der Waals surface area contributed by atoms with Crippen LogP contribution in [0.25, 0.3) is 5.70 Å². The van der Waals surface area contributed by atoms with Crippen molar-refractivity contribution in [3.05, 3.63) is 65.9 Å². The molecule has 0 spiro atoms. The largest absolute Gasteiger partial charge is 0.372 e. The molecule has 152 valence electrons. The number of halogens is 5. The fourth-order valence-electron chi connectivity index (χ4n) is 3.74. The summed E-state index contributed by atoms with van der Waals surface area (Å²) in [6.45, 7) is 1.35. The van der Waals surface area contributed by atoms with Gasteiger partial charge in [-0.15, -0.1) is 0 Å². The second-order valence-corrected chi connectivity index (χ2v) is 9.46. The Labute approximate surface area is 160 Å². The average Bonchev–Trinajstić information content (AvgIpc) is 3.32. The smallest absolute Gasteiger partial charge is 0.310 e. The lowest BCUT2D eigenvalue weighted by atomic mass is 10.0. The van der Waals surface area contributed by atoms with Gasteiger partial charge in [-0.1, -0.05) is 43.7 Å². The number of anilines is 1. The molecule has 0 aliphatic carbocycles. The van der Waals surface area contributed by atoms with Crippen molar-refractivity contribution in [1.29, 1.82) is 0 Å². The molecule has 2 aromatic rings. The zero-order valence-electron chi connectivity index (χ0n) is 14.8. The van der Waals surface area contributed by atoms with Crippen LogP contribution in [0.15, 0.2) is 59.6 Å². The Balaban J connectivity index is 1.57. The van der Waals surface area contributed by atoms with Crippen LogP contribution in [-0.2, 0) is 0 Å². The molecule has 2 aliphatic heterocycles. The molecule has 0 bridgehead atoms. The van der Waals surface area contributed by atoms with E-state index in [0.29, 0.717) is 31.0 Å². The maximum Gasteiger partial charge on any atom is 0.310 e. The highest BCUT2D eigenvalue weighted by Crippen LogP contribution is 3.02. The van der Waals surface area contributed by atoms with Crippen molar-refractivity contribution in [1.82, 2.24) is 10.6 Å². The molecular weight excluding hydrogens is 397 g/mol. The molecule has 3 nitrogen and oxygen atoms in total. The van der Waals surface area contributed by atoms with Gasteiger partial charge in [-0.05, 0) is 48.2 Å². The van der Waals surface area contributed by atoms with Crippen LogP contribution in [0.4, 0.5) is 25.1 Å². The molecule has 0 amide bonds. The molecule has 2 aromatic carbocycles. The third kappa shape index (κ3) is 3.76. The summed E-state index contributed by atoms with van der Waals surface area (Å²) in [4.78, 5) is 0.119. The molecule has 0 unspecified atom stereocenters. The standard InChI is InChI=1S/C19H20F5N3S/c20-28(21,22,23,24)17-9-7-16(8-10-17)27-11-1-2-19(27)15-5-3-14(4-6-15)18-12-25-13-26-18/h3-10,12,19,25-26H,1-2,11,13H2/t19-/m1/s1. The highest BCUT2D eigenvalue weighted by molar-refractivity contribution is 8.45. The quantitative estimate of drug-likeness (QED) is 0.586. The van der Waals surface area contributed by atoms with E-state index in [-0.39, 0.29) is 6.04 Å². The number of hydrogen-bond donors (Lipinski definition) is 2. The number of hydrogen-bond acceptors (Lipinski definition) is 3. The van der Waals surface area contributed by atoms with Crippen LogP contribution in [0.3, 0.4) is 0 Å². The third-order valence-corrected chi connectivity index (χ3v) is 6.26. The maximum absolute atomic E-state index is 12.9. The monoisotopic (exact) mass is 417 g/mol. The zero-order valence-corrected chi connectivity index (χ0v) is 15.7. The lowest BCUT2D eigenvalue weighted by molar-refractivity contribution is 0.364. The minimum atomic E-state index is -9.64. The van der Waals surface area contributed by atoms with E-state index in [1.54, 1.807) is 0 Å². The highest BCUT2D eigenvalue weighted by Gasteiger charge is 2.65.